The van der Waals surface area contributed by atoms with Crippen LogP contribution >= 0.6 is 0 Å². The minimum absolute atomic E-state index is 0.940. The fourth-order valence-electron chi connectivity index (χ4n) is 2.07. The van der Waals surface area contributed by atoms with Gasteiger partial charge in [0.2, 0.25) is 0 Å². The van der Waals surface area contributed by atoms with E-state index in [4.69, 9.17) is 4.74 Å². The first-order chi connectivity index (χ1) is 5.47. The Hall–Kier alpha value is -0.300. The molecule has 1 saturated carbocycles. The Bertz CT molecular complexity index is 154. The third-order valence-corrected chi connectivity index (χ3v) is 2.78. The molecule has 0 aromatic heterocycles. The zero-order valence-electron chi connectivity index (χ0n) is 7.07. The van der Waals surface area contributed by atoms with Crippen molar-refractivity contribution < 1.29 is 4.74 Å². The van der Waals surface area contributed by atoms with Crippen LogP contribution in [0.25, 0.3) is 0 Å². The molecule has 1 aliphatic carbocycles. The summed E-state index contributed by atoms with van der Waals surface area (Å²) < 4.78 is 5.35. The molecule has 1 heteroatoms. The Morgan fingerprint density at radius 3 is 2.27 bits per heavy atom. The van der Waals surface area contributed by atoms with E-state index in [2.05, 4.69) is 0 Å². The first-order valence-corrected chi connectivity index (χ1v) is 4.74. The van der Waals surface area contributed by atoms with Crippen molar-refractivity contribution in [2.24, 2.45) is 0 Å². The summed E-state index contributed by atoms with van der Waals surface area (Å²) in [7, 11) is 0. The van der Waals surface area contributed by atoms with Crippen molar-refractivity contribution in [2.75, 3.05) is 13.2 Å². The van der Waals surface area contributed by atoms with Gasteiger partial charge in [0.05, 0.1) is 13.2 Å². The fraction of sp³-hybridized carbons (Fsp3) is 0.800. The molecule has 0 aromatic rings. The van der Waals surface area contributed by atoms with E-state index >= 15 is 0 Å². The first-order valence-electron chi connectivity index (χ1n) is 4.74. The van der Waals surface area contributed by atoms with Crippen LogP contribution in [0.2, 0.25) is 0 Å². The molecule has 2 rings (SSSR count). The van der Waals surface area contributed by atoms with Crippen molar-refractivity contribution in [3.05, 3.63) is 11.1 Å². The summed E-state index contributed by atoms with van der Waals surface area (Å²) in [4.78, 5) is 0. The molecule has 2 fully saturated rings. The van der Waals surface area contributed by atoms with E-state index in [0.717, 1.165) is 13.2 Å². The van der Waals surface area contributed by atoms with Crippen LogP contribution in [0.4, 0.5) is 0 Å². The van der Waals surface area contributed by atoms with Crippen LogP contribution < -0.4 is 0 Å². The summed E-state index contributed by atoms with van der Waals surface area (Å²) in [6.45, 7) is 1.91. The molecule has 1 saturated heterocycles. The summed E-state index contributed by atoms with van der Waals surface area (Å²) in [6, 6.07) is 0. The van der Waals surface area contributed by atoms with Crippen LogP contribution in [-0.4, -0.2) is 13.2 Å². The van der Waals surface area contributed by atoms with Gasteiger partial charge >= 0.3 is 0 Å². The molecule has 0 bridgehead atoms. The van der Waals surface area contributed by atoms with Crippen molar-refractivity contribution >= 4 is 0 Å². The quantitative estimate of drug-likeness (QED) is 0.485. The molecule has 62 valence electrons. The second-order valence-electron chi connectivity index (χ2n) is 3.57. The zero-order chi connectivity index (χ0) is 7.52. The number of allylic oxidation sites excluding steroid dienone is 1. The SMILES string of the molecule is C1CCC(=C2CCOC2)CC1. The second kappa shape index (κ2) is 3.40. The highest BCUT2D eigenvalue weighted by Crippen LogP contribution is 2.28. The molecule has 1 nitrogen and oxygen atoms in total. The molecule has 0 amide bonds. The second-order valence-corrected chi connectivity index (χ2v) is 3.57. The zero-order valence-corrected chi connectivity index (χ0v) is 7.07. The summed E-state index contributed by atoms with van der Waals surface area (Å²) in [5, 5.41) is 0. The molecule has 1 heterocycles. The topological polar surface area (TPSA) is 9.23 Å². The molecule has 0 N–H and O–H groups in total. The van der Waals surface area contributed by atoms with Gasteiger partial charge in [0.15, 0.2) is 0 Å². The molecule has 0 radical (unpaired) electrons. The lowest BCUT2D eigenvalue weighted by Gasteiger charge is -2.15. The lowest BCUT2D eigenvalue weighted by Crippen LogP contribution is -1.98. The van der Waals surface area contributed by atoms with Gasteiger partial charge in [-0.25, -0.2) is 0 Å². The minimum Gasteiger partial charge on any atom is -0.377 e. The highest BCUT2D eigenvalue weighted by atomic mass is 16.5. The van der Waals surface area contributed by atoms with Crippen molar-refractivity contribution in [3.63, 3.8) is 0 Å². The number of rotatable bonds is 0. The van der Waals surface area contributed by atoms with Gasteiger partial charge in [0.1, 0.15) is 0 Å². The monoisotopic (exact) mass is 152 g/mol. The summed E-state index contributed by atoms with van der Waals surface area (Å²) >= 11 is 0. The normalized spacial score (nSPS) is 26.2. The maximum absolute atomic E-state index is 5.35. The fourth-order valence-corrected chi connectivity index (χ4v) is 2.07. The minimum atomic E-state index is 0.940. The van der Waals surface area contributed by atoms with E-state index in [9.17, 15) is 0 Å². The van der Waals surface area contributed by atoms with Gasteiger partial charge in [0, 0.05) is 0 Å². The van der Waals surface area contributed by atoms with E-state index in [1.54, 1.807) is 11.1 Å². The Morgan fingerprint density at radius 2 is 1.64 bits per heavy atom. The van der Waals surface area contributed by atoms with E-state index in [1.165, 1.54) is 38.5 Å². The molecule has 0 atom stereocenters. The Morgan fingerprint density at radius 1 is 0.818 bits per heavy atom. The van der Waals surface area contributed by atoms with Crippen molar-refractivity contribution in [2.45, 2.75) is 38.5 Å². The van der Waals surface area contributed by atoms with E-state index in [0.29, 0.717) is 0 Å². The van der Waals surface area contributed by atoms with E-state index in [1.807, 2.05) is 0 Å². The van der Waals surface area contributed by atoms with Crippen LogP contribution in [-0.2, 0) is 4.74 Å². The highest BCUT2D eigenvalue weighted by Gasteiger charge is 2.14. The average Bonchev–Trinajstić information content (AvgIpc) is 2.58. The third-order valence-electron chi connectivity index (χ3n) is 2.78. The maximum atomic E-state index is 5.35. The Kier molecular flexibility index (Phi) is 2.27. The van der Waals surface area contributed by atoms with Crippen LogP contribution in [0.3, 0.4) is 0 Å². The molecular weight excluding hydrogens is 136 g/mol. The third kappa shape index (κ3) is 1.64. The van der Waals surface area contributed by atoms with Gasteiger partial charge in [0.25, 0.3) is 0 Å². The first kappa shape index (κ1) is 7.35. The van der Waals surface area contributed by atoms with E-state index in [-0.39, 0.29) is 0 Å². The Labute approximate surface area is 68.4 Å². The van der Waals surface area contributed by atoms with Crippen molar-refractivity contribution in [1.82, 2.24) is 0 Å². The van der Waals surface area contributed by atoms with Gasteiger partial charge in [-0.15, -0.1) is 0 Å². The van der Waals surface area contributed by atoms with Gasteiger partial charge in [-0.2, -0.15) is 0 Å². The molecule has 11 heavy (non-hydrogen) atoms. The standard InChI is InChI=1S/C10H16O/c1-2-4-9(5-3-1)10-6-7-11-8-10/h1-8H2. The summed E-state index contributed by atoms with van der Waals surface area (Å²) in [5.74, 6) is 0. The highest BCUT2D eigenvalue weighted by molar-refractivity contribution is 5.18. The van der Waals surface area contributed by atoms with Crippen LogP contribution in [0.15, 0.2) is 11.1 Å². The van der Waals surface area contributed by atoms with Crippen molar-refractivity contribution in [3.8, 4) is 0 Å². The lowest BCUT2D eigenvalue weighted by molar-refractivity contribution is 0.204. The number of hydrogen-bond donors (Lipinski definition) is 0. The van der Waals surface area contributed by atoms with Gasteiger partial charge < -0.3 is 4.74 Å². The van der Waals surface area contributed by atoms with Gasteiger partial charge in [-0.3, -0.25) is 0 Å². The maximum Gasteiger partial charge on any atom is 0.0680 e. The molecule has 0 unspecified atom stereocenters. The van der Waals surface area contributed by atoms with Gasteiger partial charge in [-0.1, -0.05) is 12.0 Å². The predicted octanol–water partition coefficient (Wildman–Crippen LogP) is 2.67. The summed E-state index contributed by atoms with van der Waals surface area (Å²) in [6.07, 6.45) is 8.21. The van der Waals surface area contributed by atoms with Crippen molar-refractivity contribution in [1.29, 1.82) is 0 Å². The molecule has 0 aromatic carbocycles. The molecule has 0 spiro atoms. The van der Waals surface area contributed by atoms with Crippen LogP contribution in [0.5, 0.6) is 0 Å². The largest absolute Gasteiger partial charge is 0.377 e. The van der Waals surface area contributed by atoms with Crippen LogP contribution in [0.1, 0.15) is 38.5 Å². The number of hydrogen-bond acceptors (Lipinski definition) is 1. The predicted molar refractivity (Wildman–Crippen MR) is 45.5 cm³/mol. The van der Waals surface area contributed by atoms with E-state index < -0.39 is 0 Å². The number of ether oxygens (including phenoxy) is 1. The summed E-state index contributed by atoms with van der Waals surface area (Å²) in [5.41, 5.74) is 3.36. The Balaban J connectivity index is 2.03. The molecule has 2 aliphatic rings. The lowest BCUT2D eigenvalue weighted by atomic mass is 9.91. The van der Waals surface area contributed by atoms with Crippen LogP contribution in [0, 0.1) is 0 Å². The average molecular weight is 152 g/mol. The molecular formula is C10H16O. The van der Waals surface area contributed by atoms with Gasteiger partial charge in [-0.05, 0) is 37.7 Å². The molecule has 1 aliphatic heterocycles. The smallest absolute Gasteiger partial charge is 0.0680 e.